The Kier molecular flexibility index (Phi) is 3.10. The van der Waals surface area contributed by atoms with Gasteiger partial charge in [0.2, 0.25) is 0 Å². The molecule has 0 radical (unpaired) electrons. The Labute approximate surface area is 145 Å². The third-order valence-electron chi connectivity index (χ3n) is 4.55. The number of hydrogen-bond acceptors (Lipinski definition) is 2. The molecule has 2 heterocycles. The van der Waals surface area contributed by atoms with Crippen molar-refractivity contribution >= 4 is 16.4 Å². The Balaban J connectivity index is 1.79. The topological polar surface area (TPSA) is 30.2 Å². The van der Waals surface area contributed by atoms with E-state index < -0.39 is 0 Å². The van der Waals surface area contributed by atoms with Crippen LogP contribution in [-0.4, -0.2) is 14.6 Å². The lowest BCUT2D eigenvalue weighted by molar-refractivity contribution is 0.949. The maximum absolute atomic E-state index is 4.63. The summed E-state index contributed by atoms with van der Waals surface area (Å²) in [6.07, 6.45) is 3.76. The fourth-order valence-corrected chi connectivity index (χ4v) is 3.37. The van der Waals surface area contributed by atoms with Gasteiger partial charge in [-0.15, -0.1) is 0 Å². The molecule has 25 heavy (non-hydrogen) atoms. The zero-order valence-electron chi connectivity index (χ0n) is 13.5. The molecule has 0 bridgehead atoms. The number of nitrogens with zero attached hydrogens (tertiary/aromatic N) is 3. The van der Waals surface area contributed by atoms with Crippen molar-refractivity contribution in [1.29, 1.82) is 0 Å². The van der Waals surface area contributed by atoms with E-state index in [0.717, 1.165) is 28.0 Å². The molecule has 3 heteroatoms. The van der Waals surface area contributed by atoms with Crippen LogP contribution in [0.4, 0.5) is 0 Å². The molecule has 0 fully saturated rings. The summed E-state index contributed by atoms with van der Waals surface area (Å²) in [5.74, 6) is 0. The van der Waals surface area contributed by atoms with Crippen LogP contribution in [0.15, 0.2) is 91.3 Å². The highest BCUT2D eigenvalue weighted by Crippen LogP contribution is 2.30. The first-order valence-electron chi connectivity index (χ1n) is 8.28. The largest absolute Gasteiger partial charge is 0.236 e. The molecular formula is C22H15N3. The number of benzene rings is 3. The van der Waals surface area contributed by atoms with Crippen molar-refractivity contribution in [2.75, 3.05) is 0 Å². The van der Waals surface area contributed by atoms with Gasteiger partial charge in [-0.2, -0.15) is 5.10 Å². The van der Waals surface area contributed by atoms with E-state index in [1.165, 1.54) is 10.8 Å². The summed E-state index contributed by atoms with van der Waals surface area (Å²) in [5.41, 5.74) is 5.25. The Morgan fingerprint density at radius 2 is 1.48 bits per heavy atom. The van der Waals surface area contributed by atoms with E-state index in [1.807, 2.05) is 41.2 Å². The zero-order valence-corrected chi connectivity index (χ0v) is 13.5. The molecule has 0 spiro atoms. The van der Waals surface area contributed by atoms with Crippen LogP contribution >= 0.6 is 0 Å². The van der Waals surface area contributed by atoms with Gasteiger partial charge in [0.1, 0.15) is 0 Å². The summed E-state index contributed by atoms with van der Waals surface area (Å²) in [4.78, 5) is 4.58. The molecule has 5 aromatic rings. The van der Waals surface area contributed by atoms with Crippen LogP contribution in [0.3, 0.4) is 0 Å². The van der Waals surface area contributed by atoms with Gasteiger partial charge in [0, 0.05) is 17.3 Å². The van der Waals surface area contributed by atoms with Crippen LogP contribution in [0, 0.1) is 0 Å². The van der Waals surface area contributed by atoms with E-state index in [2.05, 4.69) is 64.7 Å². The maximum Gasteiger partial charge on any atom is 0.163 e. The van der Waals surface area contributed by atoms with E-state index in [-0.39, 0.29) is 0 Å². The lowest BCUT2D eigenvalue weighted by atomic mass is 10.0. The fourth-order valence-electron chi connectivity index (χ4n) is 3.37. The average Bonchev–Trinajstić information content (AvgIpc) is 3.12. The number of aromatic nitrogens is 3. The molecule has 0 atom stereocenters. The van der Waals surface area contributed by atoms with Crippen molar-refractivity contribution in [2.45, 2.75) is 0 Å². The highest BCUT2D eigenvalue weighted by atomic mass is 15.3. The molecule has 3 aromatic carbocycles. The Hall–Kier alpha value is -3.46. The van der Waals surface area contributed by atoms with Crippen molar-refractivity contribution in [1.82, 2.24) is 14.6 Å². The van der Waals surface area contributed by atoms with Crippen LogP contribution in [0.2, 0.25) is 0 Å². The van der Waals surface area contributed by atoms with E-state index in [1.54, 1.807) is 0 Å². The first kappa shape index (κ1) is 13.9. The predicted molar refractivity (Wildman–Crippen MR) is 101 cm³/mol. The van der Waals surface area contributed by atoms with Crippen LogP contribution in [0.5, 0.6) is 0 Å². The van der Waals surface area contributed by atoms with Crippen molar-refractivity contribution in [3.63, 3.8) is 0 Å². The molecule has 0 saturated carbocycles. The van der Waals surface area contributed by atoms with Gasteiger partial charge in [0.25, 0.3) is 0 Å². The van der Waals surface area contributed by atoms with E-state index in [4.69, 9.17) is 0 Å². The Morgan fingerprint density at radius 1 is 0.680 bits per heavy atom. The standard InChI is InChI=1S/C22H15N3/c1-2-7-17(8-3-1)20-15-24-25-21(13-14-23-22(20)25)19-12-6-10-16-9-4-5-11-18(16)19/h1-15H. The Morgan fingerprint density at radius 3 is 2.40 bits per heavy atom. The minimum atomic E-state index is 0.872. The van der Waals surface area contributed by atoms with Crippen molar-refractivity contribution in [3.8, 4) is 22.4 Å². The third kappa shape index (κ3) is 2.21. The second-order valence-electron chi connectivity index (χ2n) is 6.02. The number of fused-ring (bicyclic) bond motifs is 2. The predicted octanol–water partition coefficient (Wildman–Crippen LogP) is 5.22. The maximum atomic E-state index is 4.63. The first-order chi connectivity index (χ1) is 12.4. The number of hydrogen-bond donors (Lipinski definition) is 0. The van der Waals surface area contributed by atoms with Crippen molar-refractivity contribution < 1.29 is 0 Å². The SMILES string of the molecule is c1ccc(-c2cnn3c(-c4cccc5ccccc45)ccnc23)cc1. The van der Waals surface area contributed by atoms with Crippen LogP contribution in [0.25, 0.3) is 38.8 Å². The average molecular weight is 321 g/mol. The monoisotopic (exact) mass is 321 g/mol. The summed E-state index contributed by atoms with van der Waals surface area (Å²) in [6.45, 7) is 0. The molecular weight excluding hydrogens is 306 g/mol. The highest BCUT2D eigenvalue weighted by Gasteiger charge is 2.13. The molecule has 0 aliphatic heterocycles. The molecule has 0 aliphatic carbocycles. The van der Waals surface area contributed by atoms with E-state index in [9.17, 15) is 0 Å². The Bertz CT molecular complexity index is 1180. The van der Waals surface area contributed by atoms with Crippen LogP contribution in [0.1, 0.15) is 0 Å². The molecule has 5 rings (SSSR count). The minimum absolute atomic E-state index is 0.872. The molecule has 0 aliphatic rings. The lowest BCUT2D eigenvalue weighted by Crippen LogP contribution is -1.96. The summed E-state index contributed by atoms with van der Waals surface area (Å²) < 4.78 is 1.93. The lowest BCUT2D eigenvalue weighted by Gasteiger charge is -2.09. The van der Waals surface area contributed by atoms with Gasteiger partial charge in [0.15, 0.2) is 5.65 Å². The molecule has 0 saturated heterocycles. The van der Waals surface area contributed by atoms with Gasteiger partial charge in [-0.1, -0.05) is 72.8 Å². The van der Waals surface area contributed by atoms with Gasteiger partial charge in [-0.05, 0) is 22.4 Å². The first-order valence-corrected chi connectivity index (χ1v) is 8.28. The third-order valence-corrected chi connectivity index (χ3v) is 4.55. The van der Waals surface area contributed by atoms with Gasteiger partial charge in [-0.3, -0.25) is 0 Å². The van der Waals surface area contributed by atoms with Gasteiger partial charge < -0.3 is 0 Å². The zero-order chi connectivity index (χ0) is 16.6. The quantitative estimate of drug-likeness (QED) is 0.446. The van der Waals surface area contributed by atoms with Crippen molar-refractivity contribution in [2.24, 2.45) is 0 Å². The van der Waals surface area contributed by atoms with Crippen LogP contribution in [-0.2, 0) is 0 Å². The van der Waals surface area contributed by atoms with E-state index in [0.29, 0.717) is 0 Å². The molecule has 118 valence electrons. The second kappa shape index (κ2) is 5.56. The molecule has 0 amide bonds. The second-order valence-corrected chi connectivity index (χ2v) is 6.02. The fraction of sp³-hybridized carbons (Fsp3) is 0. The summed E-state index contributed by atoms with van der Waals surface area (Å²) in [7, 11) is 0. The number of rotatable bonds is 2. The molecule has 0 unspecified atom stereocenters. The summed E-state index contributed by atoms with van der Waals surface area (Å²) in [6, 6.07) is 27.1. The smallest absolute Gasteiger partial charge is 0.163 e. The van der Waals surface area contributed by atoms with E-state index >= 15 is 0 Å². The van der Waals surface area contributed by atoms with Gasteiger partial charge >= 0.3 is 0 Å². The van der Waals surface area contributed by atoms with Gasteiger partial charge in [-0.25, -0.2) is 9.50 Å². The summed E-state index contributed by atoms with van der Waals surface area (Å²) >= 11 is 0. The van der Waals surface area contributed by atoms with Crippen molar-refractivity contribution in [3.05, 3.63) is 91.3 Å². The molecule has 0 N–H and O–H groups in total. The van der Waals surface area contributed by atoms with Gasteiger partial charge in [0.05, 0.1) is 11.9 Å². The minimum Gasteiger partial charge on any atom is -0.236 e. The van der Waals surface area contributed by atoms with Crippen LogP contribution < -0.4 is 0 Å². The molecule has 2 aromatic heterocycles. The molecule has 3 nitrogen and oxygen atoms in total. The highest BCUT2D eigenvalue weighted by molar-refractivity contribution is 5.96. The normalized spacial score (nSPS) is 11.2. The summed E-state index contributed by atoms with van der Waals surface area (Å²) in [5, 5.41) is 7.07.